The van der Waals surface area contributed by atoms with Crippen LogP contribution in [0.4, 0.5) is 5.69 Å². The fraction of sp³-hybridized carbons (Fsp3) is 0.240. The minimum absolute atomic E-state index is 0.223. The predicted molar refractivity (Wildman–Crippen MR) is 155 cm³/mol. The summed E-state index contributed by atoms with van der Waals surface area (Å²) in [7, 11) is 3.91. The third-order valence-electron chi connectivity index (χ3n) is 5.58. The molecule has 0 radical (unpaired) electrons. The van der Waals surface area contributed by atoms with E-state index in [0.29, 0.717) is 27.7 Å². The number of fused-ring (bicyclic) bond motifs is 1. The van der Waals surface area contributed by atoms with Crippen molar-refractivity contribution in [3.8, 4) is 5.75 Å². The predicted octanol–water partition coefficient (Wildman–Crippen LogP) is 3.78. The average Bonchev–Trinajstić information content (AvgIpc) is 3.11. The van der Waals surface area contributed by atoms with E-state index in [9.17, 15) is 14.7 Å². The summed E-state index contributed by atoms with van der Waals surface area (Å²) >= 11 is 5.41. The molecule has 3 aromatic rings. The second-order valence-corrected chi connectivity index (χ2v) is 11.5. The van der Waals surface area contributed by atoms with E-state index < -0.39 is 12.0 Å². The van der Waals surface area contributed by atoms with Gasteiger partial charge >= 0.3 is 5.97 Å². The van der Waals surface area contributed by atoms with Crippen LogP contribution in [-0.2, 0) is 9.53 Å². The van der Waals surface area contributed by atoms with Gasteiger partial charge in [-0.3, -0.25) is 9.36 Å². The Labute approximate surface area is 233 Å². The lowest BCUT2D eigenvalue weighted by Gasteiger charge is -2.25. The van der Waals surface area contributed by atoms with E-state index in [1.54, 1.807) is 24.5 Å². The number of phenolic OH excluding ortho intramolecular Hbond substituents is 1. The van der Waals surface area contributed by atoms with Gasteiger partial charge in [-0.05, 0) is 100 Å². The van der Waals surface area contributed by atoms with Crippen LogP contribution in [0, 0.1) is 7.14 Å². The number of esters is 1. The van der Waals surface area contributed by atoms with Gasteiger partial charge in [-0.1, -0.05) is 23.5 Å². The van der Waals surface area contributed by atoms with Gasteiger partial charge < -0.3 is 14.7 Å². The maximum Gasteiger partial charge on any atom is 0.338 e. The second kappa shape index (κ2) is 10.4. The molecule has 1 atom stereocenters. The smallest absolute Gasteiger partial charge is 0.338 e. The minimum atomic E-state index is -0.649. The van der Waals surface area contributed by atoms with E-state index in [1.165, 1.54) is 11.3 Å². The minimum Gasteiger partial charge on any atom is -0.506 e. The van der Waals surface area contributed by atoms with Gasteiger partial charge in [0.05, 0.1) is 35.6 Å². The van der Waals surface area contributed by atoms with Crippen LogP contribution in [0.5, 0.6) is 5.75 Å². The molecule has 0 saturated carbocycles. The van der Waals surface area contributed by atoms with E-state index in [1.807, 2.05) is 55.4 Å². The number of carbonyl (C=O) groups is 1. The van der Waals surface area contributed by atoms with Crippen LogP contribution in [-0.4, -0.2) is 36.3 Å². The normalized spacial score (nSPS) is 15.6. The number of rotatable bonds is 5. The Morgan fingerprint density at radius 1 is 1.23 bits per heavy atom. The van der Waals surface area contributed by atoms with Crippen molar-refractivity contribution >= 4 is 74.3 Å². The highest BCUT2D eigenvalue weighted by molar-refractivity contribution is 14.1. The molecule has 4 rings (SSSR count). The van der Waals surface area contributed by atoms with Crippen molar-refractivity contribution in [2.45, 2.75) is 19.9 Å². The number of hydrogen-bond donors (Lipinski definition) is 1. The number of aromatic hydroxyl groups is 1. The topological polar surface area (TPSA) is 84.1 Å². The Kier molecular flexibility index (Phi) is 7.71. The summed E-state index contributed by atoms with van der Waals surface area (Å²) in [5.74, 6) is -0.256. The molecule has 0 amide bonds. The molecule has 0 spiro atoms. The summed E-state index contributed by atoms with van der Waals surface area (Å²) in [6.07, 6.45) is 1.79. The molecular formula is C25H23I2N3O4S. The first kappa shape index (κ1) is 25.9. The van der Waals surface area contributed by atoms with Gasteiger partial charge in [0.1, 0.15) is 5.75 Å². The van der Waals surface area contributed by atoms with Crippen molar-refractivity contribution in [3.05, 3.63) is 85.6 Å². The van der Waals surface area contributed by atoms with Crippen molar-refractivity contribution in [2.75, 3.05) is 25.6 Å². The zero-order valence-electron chi connectivity index (χ0n) is 19.5. The molecule has 0 unspecified atom stereocenters. The molecule has 1 aliphatic rings. The highest BCUT2D eigenvalue weighted by Gasteiger charge is 2.33. The van der Waals surface area contributed by atoms with Gasteiger partial charge in [0.2, 0.25) is 0 Å². The third kappa shape index (κ3) is 5.05. The van der Waals surface area contributed by atoms with Crippen molar-refractivity contribution in [2.24, 2.45) is 4.99 Å². The van der Waals surface area contributed by atoms with Crippen LogP contribution < -0.4 is 19.8 Å². The molecular weight excluding hydrogens is 692 g/mol. The van der Waals surface area contributed by atoms with Gasteiger partial charge in [-0.25, -0.2) is 9.79 Å². The molecule has 1 N–H and O–H groups in total. The first-order chi connectivity index (χ1) is 16.6. The summed E-state index contributed by atoms with van der Waals surface area (Å²) < 4.78 is 8.83. The Morgan fingerprint density at radius 2 is 1.86 bits per heavy atom. The van der Waals surface area contributed by atoms with Gasteiger partial charge in [-0.2, -0.15) is 0 Å². The van der Waals surface area contributed by atoms with E-state index in [4.69, 9.17) is 4.74 Å². The van der Waals surface area contributed by atoms with E-state index in [2.05, 4.69) is 50.2 Å². The van der Waals surface area contributed by atoms with Crippen LogP contribution >= 0.6 is 56.5 Å². The van der Waals surface area contributed by atoms with Crippen LogP contribution in [0.25, 0.3) is 6.08 Å². The van der Waals surface area contributed by atoms with Gasteiger partial charge in [0, 0.05) is 19.8 Å². The van der Waals surface area contributed by atoms with Crippen LogP contribution in [0.2, 0.25) is 0 Å². The molecule has 182 valence electrons. The third-order valence-corrected chi connectivity index (χ3v) is 8.21. The number of ether oxygens (including phenoxy) is 1. The molecule has 35 heavy (non-hydrogen) atoms. The zero-order valence-corrected chi connectivity index (χ0v) is 24.6. The number of thiazole rings is 1. The largest absolute Gasteiger partial charge is 0.506 e. The second-order valence-electron chi connectivity index (χ2n) is 8.12. The number of halogens is 2. The number of benzene rings is 2. The van der Waals surface area contributed by atoms with Crippen molar-refractivity contribution in [3.63, 3.8) is 0 Å². The average molecular weight is 715 g/mol. The van der Waals surface area contributed by atoms with E-state index in [-0.39, 0.29) is 17.9 Å². The van der Waals surface area contributed by atoms with Crippen LogP contribution in [0.1, 0.15) is 31.0 Å². The molecule has 0 saturated heterocycles. The lowest BCUT2D eigenvalue weighted by molar-refractivity contribution is -0.139. The number of nitrogens with zero attached hydrogens (tertiary/aromatic N) is 3. The molecule has 7 nitrogen and oxygen atoms in total. The summed E-state index contributed by atoms with van der Waals surface area (Å²) in [4.78, 5) is 33.8. The number of phenols is 1. The number of anilines is 1. The van der Waals surface area contributed by atoms with E-state index in [0.717, 1.165) is 16.8 Å². The number of allylic oxidation sites excluding steroid dienone is 1. The van der Waals surface area contributed by atoms with Crippen molar-refractivity contribution < 1.29 is 14.6 Å². The fourth-order valence-electron chi connectivity index (χ4n) is 3.88. The SMILES string of the molecule is CCOC(=O)C1=C(C)N=c2s/c(=C\c3cc(I)c(O)c(I)c3)c(=O)n2[C@H]1c1ccc(N(C)C)cc1. The number of aromatic nitrogens is 1. The molecule has 2 aromatic carbocycles. The Morgan fingerprint density at radius 3 is 2.43 bits per heavy atom. The summed E-state index contributed by atoms with van der Waals surface area (Å²) in [5, 5.41) is 10.1. The monoisotopic (exact) mass is 715 g/mol. The first-order valence-corrected chi connectivity index (χ1v) is 13.7. The van der Waals surface area contributed by atoms with Gasteiger partial charge in [0.25, 0.3) is 5.56 Å². The summed E-state index contributed by atoms with van der Waals surface area (Å²) in [6, 6.07) is 10.8. The molecule has 0 fully saturated rings. The lowest BCUT2D eigenvalue weighted by Crippen LogP contribution is -2.39. The van der Waals surface area contributed by atoms with Crippen LogP contribution in [0.15, 0.2) is 57.5 Å². The maximum absolute atomic E-state index is 13.7. The summed E-state index contributed by atoms with van der Waals surface area (Å²) in [5.41, 5.74) is 3.27. The lowest BCUT2D eigenvalue weighted by atomic mass is 9.95. The Bertz CT molecular complexity index is 1500. The van der Waals surface area contributed by atoms with Gasteiger partial charge in [-0.15, -0.1) is 0 Å². The molecule has 0 aliphatic carbocycles. The highest BCUT2D eigenvalue weighted by Crippen LogP contribution is 2.32. The van der Waals surface area contributed by atoms with E-state index >= 15 is 0 Å². The molecule has 10 heteroatoms. The molecule has 1 aromatic heterocycles. The summed E-state index contributed by atoms with van der Waals surface area (Å²) in [6.45, 7) is 3.75. The van der Waals surface area contributed by atoms with Gasteiger partial charge in [0.15, 0.2) is 4.80 Å². The molecule has 1 aliphatic heterocycles. The van der Waals surface area contributed by atoms with Crippen molar-refractivity contribution in [1.82, 2.24) is 4.57 Å². The Balaban J connectivity index is 1.94. The quantitative estimate of drug-likeness (QED) is 0.322. The zero-order chi connectivity index (χ0) is 25.4. The molecule has 0 bridgehead atoms. The van der Waals surface area contributed by atoms with Crippen molar-refractivity contribution in [1.29, 1.82) is 0 Å². The molecule has 2 heterocycles. The maximum atomic E-state index is 13.7. The number of hydrogen-bond acceptors (Lipinski definition) is 7. The first-order valence-electron chi connectivity index (χ1n) is 10.8. The standard InChI is InChI=1S/C25H23I2N3O4S/c1-5-34-24(33)20-13(2)28-25-30(21(20)15-6-8-16(9-7-15)29(3)4)23(32)19(35-25)12-14-10-17(26)22(31)18(27)11-14/h6-12,21,31H,5H2,1-4H3/b19-12-/t21-/m0/s1. The van der Waals surface area contributed by atoms with Crippen LogP contribution in [0.3, 0.4) is 0 Å². The number of carbonyl (C=O) groups excluding carboxylic acids is 1. The Hall–Kier alpha value is -2.19. The fourth-order valence-corrected chi connectivity index (χ4v) is 6.74. The highest BCUT2D eigenvalue weighted by atomic mass is 127.